The first-order valence-electron chi connectivity index (χ1n) is 12.0. The third-order valence-electron chi connectivity index (χ3n) is 6.53. The van der Waals surface area contributed by atoms with Gasteiger partial charge in [0.2, 0.25) is 0 Å². The molecule has 0 spiro atoms. The Morgan fingerprint density at radius 1 is 1.16 bits per heavy atom. The molecule has 3 rings (SSSR count). The SMILES string of the molecule is C=C(\C=C/C=C(C)/C(=C/C)N1CCCC(Cc2cccc(C)c2)C1)N1CCCNCC1. The summed E-state index contributed by atoms with van der Waals surface area (Å²) >= 11 is 0. The van der Waals surface area contributed by atoms with Crippen LogP contribution in [0.2, 0.25) is 0 Å². The minimum absolute atomic E-state index is 0.727. The van der Waals surface area contributed by atoms with Gasteiger partial charge in [0.1, 0.15) is 0 Å². The van der Waals surface area contributed by atoms with E-state index in [1.807, 2.05) is 0 Å². The van der Waals surface area contributed by atoms with Gasteiger partial charge >= 0.3 is 0 Å². The van der Waals surface area contributed by atoms with Crippen molar-refractivity contribution in [3.8, 4) is 0 Å². The van der Waals surface area contributed by atoms with Crippen molar-refractivity contribution in [3.63, 3.8) is 0 Å². The van der Waals surface area contributed by atoms with Crippen molar-refractivity contribution in [2.45, 2.75) is 46.5 Å². The van der Waals surface area contributed by atoms with Crippen molar-refractivity contribution >= 4 is 0 Å². The number of rotatable bonds is 7. The Balaban J connectivity index is 1.58. The van der Waals surface area contributed by atoms with E-state index in [1.165, 1.54) is 48.1 Å². The fourth-order valence-corrected chi connectivity index (χ4v) is 4.91. The van der Waals surface area contributed by atoms with Crippen molar-refractivity contribution in [1.29, 1.82) is 0 Å². The lowest BCUT2D eigenvalue weighted by molar-refractivity contribution is 0.219. The van der Waals surface area contributed by atoms with Crippen LogP contribution in [0.4, 0.5) is 0 Å². The van der Waals surface area contributed by atoms with Crippen LogP contribution in [0.5, 0.6) is 0 Å². The molecule has 2 fully saturated rings. The molecular formula is C28H41N3. The van der Waals surface area contributed by atoms with Gasteiger partial charge in [-0.3, -0.25) is 0 Å². The summed E-state index contributed by atoms with van der Waals surface area (Å²) in [5.74, 6) is 0.727. The topological polar surface area (TPSA) is 18.5 Å². The van der Waals surface area contributed by atoms with Crippen LogP contribution in [-0.4, -0.2) is 49.1 Å². The molecule has 2 aliphatic heterocycles. The van der Waals surface area contributed by atoms with Gasteiger partial charge in [0, 0.05) is 44.1 Å². The van der Waals surface area contributed by atoms with Crippen LogP contribution in [0.1, 0.15) is 44.2 Å². The standard InChI is InChI=1S/C28H41N3/c1-5-28(24(3)11-7-12-25(4)30-18-9-15-29-16-19-30)31-17-8-14-27(22-31)21-26-13-6-10-23(2)20-26/h5-7,10-13,20,27,29H,4,8-9,14-19,21-22H2,1-3H3/b12-7-,24-11+,28-5-. The highest BCUT2D eigenvalue weighted by Gasteiger charge is 2.22. The van der Waals surface area contributed by atoms with E-state index < -0.39 is 0 Å². The number of likely N-dealkylation sites (tertiary alicyclic amines) is 1. The third kappa shape index (κ3) is 7.14. The van der Waals surface area contributed by atoms with E-state index in [0.29, 0.717) is 0 Å². The Morgan fingerprint density at radius 2 is 2.00 bits per heavy atom. The summed E-state index contributed by atoms with van der Waals surface area (Å²) in [5, 5.41) is 3.45. The van der Waals surface area contributed by atoms with Crippen LogP contribution >= 0.6 is 0 Å². The monoisotopic (exact) mass is 419 g/mol. The lowest BCUT2D eigenvalue weighted by Crippen LogP contribution is -2.36. The zero-order chi connectivity index (χ0) is 22.1. The predicted molar refractivity (Wildman–Crippen MR) is 134 cm³/mol. The normalized spacial score (nSPS) is 21.5. The Labute approximate surface area is 190 Å². The van der Waals surface area contributed by atoms with Crippen LogP contribution in [-0.2, 0) is 6.42 Å². The highest BCUT2D eigenvalue weighted by Crippen LogP contribution is 2.26. The molecule has 0 amide bonds. The molecule has 0 saturated carbocycles. The maximum absolute atomic E-state index is 4.28. The molecule has 3 nitrogen and oxygen atoms in total. The van der Waals surface area contributed by atoms with Crippen molar-refractivity contribution < 1.29 is 0 Å². The van der Waals surface area contributed by atoms with Crippen molar-refractivity contribution in [1.82, 2.24) is 15.1 Å². The number of hydrogen-bond acceptors (Lipinski definition) is 3. The maximum atomic E-state index is 4.28. The third-order valence-corrected chi connectivity index (χ3v) is 6.53. The minimum Gasteiger partial charge on any atom is -0.371 e. The van der Waals surface area contributed by atoms with E-state index in [2.05, 4.69) is 91.0 Å². The van der Waals surface area contributed by atoms with Gasteiger partial charge in [-0.1, -0.05) is 54.6 Å². The van der Waals surface area contributed by atoms with Gasteiger partial charge in [0.15, 0.2) is 0 Å². The second kappa shape index (κ2) is 12.0. The molecule has 0 aliphatic carbocycles. The molecule has 2 aliphatic rings. The van der Waals surface area contributed by atoms with Gasteiger partial charge in [-0.25, -0.2) is 0 Å². The number of aryl methyl sites for hydroxylation is 1. The molecule has 1 unspecified atom stereocenters. The minimum atomic E-state index is 0.727. The smallest absolute Gasteiger partial charge is 0.0352 e. The summed E-state index contributed by atoms with van der Waals surface area (Å²) in [5.41, 5.74) is 6.67. The number of benzene rings is 1. The molecule has 0 bridgehead atoms. The van der Waals surface area contributed by atoms with E-state index in [-0.39, 0.29) is 0 Å². The molecule has 0 aromatic heterocycles. The predicted octanol–water partition coefficient (Wildman–Crippen LogP) is 5.46. The molecule has 31 heavy (non-hydrogen) atoms. The second-order valence-corrected chi connectivity index (χ2v) is 9.11. The molecule has 0 radical (unpaired) electrons. The zero-order valence-electron chi connectivity index (χ0n) is 19.9. The van der Waals surface area contributed by atoms with E-state index in [4.69, 9.17) is 0 Å². The molecule has 1 aromatic carbocycles. The first-order valence-corrected chi connectivity index (χ1v) is 12.0. The summed E-state index contributed by atoms with van der Waals surface area (Å²) < 4.78 is 0. The molecule has 1 aromatic rings. The quantitative estimate of drug-likeness (QED) is 0.592. The van der Waals surface area contributed by atoms with E-state index in [0.717, 1.165) is 50.9 Å². The fourth-order valence-electron chi connectivity index (χ4n) is 4.91. The number of allylic oxidation sites excluding steroid dienone is 5. The number of piperidine rings is 1. The summed E-state index contributed by atoms with van der Waals surface area (Å²) in [7, 11) is 0. The lowest BCUT2D eigenvalue weighted by Gasteiger charge is -2.36. The van der Waals surface area contributed by atoms with E-state index in [1.54, 1.807) is 0 Å². The molecule has 168 valence electrons. The average Bonchev–Trinajstić information content (AvgIpc) is 3.04. The average molecular weight is 420 g/mol. The van der Waals surface area contributed by atoms with Gasteiger partial charge in [-0.2, -0.15) is 0 Å². The zero-order valence-corrected chi connectivity index (χ0v) is 19.9. The van der Waals surface area contributed by atoms with Crippen LogP contribution < -0.4 is 5.32 Å². The molecule has 1 atom stereocenters. The van der Waals surface area contributed by atoms with Gasteiger partial charge in [0.25, 0.3) is 0 Å². The Bertz CT molecular complexity index is 809. The van der Waals surface area contributed by atoms with Crippen molar-refractivity contribution in [2.24, 2.45) is 5.92 Å². The maximum Gasteiger partial charge on any atom is 0.0352 e. The van der Waals surface area contributed by atoms with Gasteiger partial charge in [0.05, 0.1) is 0 Å². The fraction of sp³-hybridized carbons (Fsp3) is 0.500. The lowest BCUT2D eigenvalue weighted by atomic mass is 9.90. The first-order chi connectivity index (χ1) is 15.1. The highest BCUT2D eigenvalue weighted by molar-refractivity contribution is 5.33. The number of hydrogen-bond donors (Lipinski definition) is 1. The summed E-state index contributed by atoms with van der Waals surface area (Å²) in [4.78, 5) is 4.98. The molecule has 3 heteroatoms. The molecule has 1 N–H and O–H groups in total. The summed E-state index contributed by atoms with van der Waals surface area (Å²) in [6.07, 6.45) is 13.8. The van der Waals surface area contributed by atoms with E-state index >= 15 is 0 Å². The largest absolute Gasteiger partial charge is 0.371 e. The Kier molecular flexibility index (Phi) is 9.02. The van der Waals surface area contributed by atoms with Crippen LogP contribution in [0, 0.1) is 12.8 Å². The van der Waals surface area contributed by atoms with Gasteiger partial charge in [-0.15, -0.1) is 0 Å². The summed E-state index contributed by atoms with van der Waals surface area (Å²) in [6.45, 7) is 17.5. The van der Waals surface area contributed by atoms with E-state index in [9.17, 15) is 0 Å². The Morgan fingerprint density at radius 3 is 2.81 bits per heavy atom. The van der Waals surface area contributed by atoms with Crippen LogP contribution in [0.3, 0.4) is 0 Å². The number of nitrogens with zero attached hydrogens (tertiary/aromatic N) is 2. The van der Waals surface area contributed by atoms with Crippen molar-refractivity contribution in [3.05, 3.63) is 83.2 Å². The first kappa shape index (κ1) is 23.4. The van der Waals surface area contributed by atoms with Gasteiger partial charge < -0.3 is 15.1 Å². The van der Waals surface area contributed by atoms with Crippen molar-refractivity contribution in [2.75, 3.05) is 39.3 Å². The summed E-state index contributed by atoms with van der Waals surface area (Å²) in [6, 6.07) is 9.01. The molecule has 2 saturated heterocycles. The highest BCUT2D eigenvalue weighted by atomic mass is 15.2. The van der Waals surface area contributed by atoms with Gasteiger partial charge in [-0.05, 0) is 76.1 Å². The Hall–Kier alpha value is -2.26. The molecule has 2 heterocycles. The van der Waals surface area contributed by atoms with Crippen LogP contribution in [0.15, 0.2) is 72.1 Å². The van der Waals surface area contributed by atoms with Crippen LogP contribution in [0.25, 0.3) is 0 Å². The second-order valence-electron chi connectivity index (χ2n) is 9.11. The number of nitrogens with one attached hydrogen (secondary N) is 1. The molecular weight excluding hydrogens is 378 g/mol.